The number of anilines is 4. The predicted molar refractivity (Wildman–Crippen MR) is 117 cm³/mol. The van der Waals surface area contributed by atoms with Crippen LogP contribution in [-0.4, -0.2) is 46.1 Å². The summed E-state index contributed by atoms with van der Waals surface area (Å²) >= 11 is 0. The molecule has 1 fully saturated rings. The minimum absolute atomic E-state index is 0.642. The lowest BCUT2D eigenvalue weighted by atomic mass is 10.1. The molecule has 1 aliphatic heterocycles. The lowest BCUT2D eigenvalue weighted by molar-refractivity contribution is 0.634. The Balaban J connectivity index is 1.51. The Kier molecular flexibility index (Phi) is 5.29. The molecule has 2 aromatic heterocycles. The summed E-state index contributed by atoms with van der Waals surface area (Å²) in [5.74, 6) is 2.39. The summed E-state index contributed by atoms with van der Waals surface area (Å²) in [4.78, 5) is 22.6. The summed E-state index contributed by atoms with van der Waals surface area (Å²) in [5, 5.41) is 3.44. The largest absolute Gasteiger partial charge is 0.353 e. The molecule has 1 saturated heterocycles. The van der Waals surface area contributed by atoms with Crippen molar-refractivity contribution >= 4 is 23.4 Å². The molecule has 1 N–H and O–H groups in total. The fourth-order valence-electron chi connectivity index (χ4n) is 3.85. The number of rotatable bonds is 4. The second-order valence-electron chi connectivity index (χ2n) is 7.61. The number of nitrogens with one attached hydrogen (secondary N) is 1. The lowest BCUT2D eigenvalue weighted by Gasteiger charge is -2.35. The van der Waals surface area contributed by atoms with Gasteiger partial charge in [-0.15, -0.1) is 0 Å². The van der Waals surface area contributed by atoms with Crippen molar-refractivity contribution in [3.05, 3.63) is 59.0 Å². The Hall–Kier alpha value is -3.22. The molecule has 0 amide bonds. The number of hydrogen-bond acceptors (Lipinski definition) is 7. The van der Waals surface area contributed by atoms with Crippen LogP contribution in [0, 0.1) is 27.7 Å². The molecule has 0 bridgehead atoms. The molecular formula is C22H27N7. The average Bonchev–Trinajstić information content (AvgIpc) is 2.71. The van der Waals surface area contributed by atoms with E-state index in [1.54, 1.807) is 12.4 Å². The van der Waals surface area contributed by atoms with E-state index in [0.717, 1.165) is 49.3 Å². The van der Waals surface area contributed by atoms with E-state index in [4.69, 9.17) is 4.98 Å². The van der Waals surface area contributed by atoms with Crippen LogP contribution in [0.3, 0.4) is 0 Å². The first-order valence-corrected chi connectivity index (χ1v) is 9.97. The highest BCUT2D eigenvalue weighted by Crippen LogP contribution is 2.26. The van der Waals surface area contributed by atoms with Crippen LogP contribution < -0.4 is 15.1 Å². The van der Waals surface area contributed by atoms with Crippen LogP contribution in [0.4, 0.5) is 23.4 Å². The fourth-order valence-corrected chi connectivity index (χ4v) is 3.85. The van der Waals surface area contributed by atoms with Gasteiger partial charge in [0, 0.05) is 56.0 Å². The van der Waals surface area contributed by atoms with Crippen LogP contribution >= 0.6 is 0 Å². The molecule has 7 heteroatoms. The third-order valence-electron chi connectivity index (χ3n) is 5.19. The summed E-state index contributed by atoms with van der Waals surface area (Å²) in [6, 6.07) is 8.25. The third-order valence-corrected chi connectivity index (χ3v) is 5.19. The Labute approximate surface area is 171 Å². The van der Waals surface area contributed by atoms with Crippen molar-refractivity contribution in [2.75, 3.05) is 41.3 Å². The van der Waals surface area contributed by atoms with Crippen molar-refractivity contribution in [1.82, 2.24) is 19.9 Å². The lowest BCUT2D eigenvalue weighted by Crippen LogP contribution is -2.47. The van der Waals surface area contributed by atoms with Gasteiger partial charge in [-0.2, -0.15) is 4.98 Å². The van der Waals surface area contributed by atoms with Crippen LogP contribution in [-0.2, 0) is 0 Å². The molecule has 0 saturated carbocycles. The Morgan fingerprint density at radius 1 is 0.793 bits per heavy atom. The molecule has 7 nitrogen and oxygen atoms in total. The van der Waals surface area contributed by atoms with Gasteiger partial charge in [-0.05, 0) is 44.9 Å². The SMILES string of the molecule is Cc1cc(C)c(Nc2nc(C)cc(N3CCN(c4ncccn4)CC3)n2)c(C)c1. The van der Waals surface area contributed by atoms with Gasteiger partial charge < -0.3 is 15.1 Å². The maximum Gasteiger partial charge on any atom is 0.229 e. The van der Waals surface area contributed by atoms with E-state index in [1.165, 1.54) is 16.7 Å². The molecule has 0 radical (unpaired) electrons. The van der Waals surface area contributed by atoms with Crippen LogP contribution in [0.5, 0.6) is 0 Å². The van der Waals surface area contributed by atoms with E-state index in [9.17, 15) is 0 Å². The van der Waals surface area contributed by atoms with Gasteiger partial charge in [-0.25, -0.2) is 15.0 Å². The van der Waals surface area contributed by atoms with Crippen molar-refractivity contribution in [2.45, 2.75) is 27.7 Å². The zero-order valence-corrected chi connectivity index (χ0v) is 17.5. The molecule has 4 rings (SSSR count). The van der Waals surface area contributed by atoms with Gasteiger partial charge in [-0.1, -0.05) is 17.7 Å². The van der Waals surface area contributed by atoms with Gasteiger partial charge in [0.25, 0.3) is 0 Å². The van der Waals surface area contributed by atoms with Crippen molar-refractivity contribution in [3.8, 4) is 0 Å². The molecule has 0 unspecified atom stereocenters. The van der Waals surface area contributed by atoms with Gasteiger partial charge >= 0.3 is 0 Å². The van der Waals surface area contributed by atoms with Crippen molar-refractivity contribution in [1.29, 1.82) is 0 Å². The number of hydrogen-bond donors (Lipinski definition) is 1. The zero-order chi connectivity index (χ0) is 20.4. The van der Waals surface area contributed by atoms with E-state index in [0.29, 0.717) is 5.95 Å². The number of piperazine rings is 1. The zero-order valence-electron chi connectivity index (χ0n) is 17.5. The standard InChI is InChI=1S/C22H27N7/c1-15-12-16(2)20(17(3)13-15)27-21-25-18(4)14-19(26-21)28-8-10-29(11-9-28)22-23-6-5-7-24-22/h5-7,12-14H,8-11H2,1-4H3,(H,25,26,27). The number of nitrogens with zero attached hydrogens (tertiary/aromatic N) is 6. The van der Waals surface area contributed by atoms with Gasteiger partial charge in [0.1, 0.15) is 5.82 Å². The molecule has 1 aliphatic rings. The number of aryl methyl sites for hydroxylation is 4. The molecule has 1 aromatic carbocycles. The molecule has 150 valence electrons. The number of aromatic nitrogens is 4. The number of benzene rings is 1. The second kappa shape index (κ2) is 8.03. The minimum Gasteiger partial charge on any atom is -0.353 e. The fraction of sp³-hybridized carbons (Fsp3) is 0.364. The maximum absolute atomic E-state index is 4.81. The average molecular weight is 390 g/mol. The van der Waals surface area contributed by atoms with E-state index in [1.807, 2.05) is 13.0 Å². The minimum atomic E-state index is 0.642. The molecule has 0 spiro atoms. The highest BCUT2D eigenvalue weighted by Gasteiger charge is 2.20. The van der Waals surface area contributed by atoms with Crippen molar-refractivity contribution in [3.63, 3.8) is 0 Å². The van der Waals surface area contributed by atoms with Gasteiger partial charge in [0.05, 0.1) is 0 Å². The summed E-state index contributed by atoms with van der Waals surface area (Å²) in [6.07, 6.45) is 3.57. The van der Waals surface area contributed by atoms with Crippen LogP contribution in [0.25, 0.3) is 0 Å². The molecule has 3 aromatic rings. The monoisotopic (exact) mass is 389 g/mol. The van der Waals surface area contributed by atoms with E-state index < -0.39 is 0 Å². The molecule has 3 heterocycles. The first-order chi connectivity index (χ1) is 14.0. The molecule has 29 heavy (non-hydrogen) atoms. The summed E-state index contributed by atoms with van der Waals surface area (Å²) < 4.78 is 0. The van der Waals surface area contributed by atoms with Gasteiger partial charge in [-0.3, -0.25) is 0 Å². The van der Waals surface area contributed by atoms with Crippen molar-refractivity contribution in [2.24, 2.45) is 0 Å². The predicted octanol–water partition coefficient (Wildman–Crippen LogP) is 3.57. The highest BCUT2D eigenvalue weighted by molar-refractivity contribution is 5.64. The normalized spacial score (nSPS) is 14.2. The smallest absolute Gasteiger partial charge is 0.229 e. The summed E-state index contributed by atoms with van der Waals surface area (Å²) in [7, 11) is 0. The Bertz CT molecular complexity index is 972. The third kappa shape index (κ3) is 4.29. The Morgan fingerprint density at radius 3 is 2.07 bits per heavy atom. The van der Waals surface area contributed by atoms with E-state index >= 15 is 0 Å². The van der Waals surface area contributed by atoms with Gasteiger partial charge in [0.2, 0.25) is 11.9 Å². The van der Waals surface area contributed by atoms with E-state index in [-0.39, 0.29) is 0 Å². The topological polar surface area (TPSA) is 70.1 Å². The van der Waals surface area contributed by atoms with E-state index in [2.05, 4.69) is 69.0 Å². The summed E-state index contributed by atoms with van der Waals surface area (Å²) in [6.45, 7) is 11.8. The first kappa shape index (κ1) is 19.1. The first-order valence-electron chi connectivity index (χ1n) is 9.97. The van der Waals surface area contributed by atoms with Gasteiger partial charge in [0.15, 0.2) is 0 Å². The molecule has 0 atom stereocenters. The molecular weight excluding hydrogens is 362 g/mol. The maximum atomic E-state index is 4.81. The van der Waals surface area contributed by atoms with Crippen LogP contribution in [0.2, 0.25) is 0 Å². The second-order valence-corrected chi connectivity index (χ2v) is 7.61. The van der Waals surface area contributed by atoms with Crippen molar-refractivity contribution < 1.29 is 0 Å². The van der Waals surface area contributed by atoms with Crippen LogP contribution in [0.1, 0.15) is 22.4 Å². The quantitative estimate of drug-likeness (QED) is 0.731. The Morgan fingerprint density at radius 2 is 1.41 bits per heavy atom. The summed E-state index contributed by atoms with van der Waals surface area (Å²) in [5.41, 5.74) is 5.69. The van der Waals surface area contributed by atoms with Crippen LogP contribution in [0.15, 0.2) is 36.7 Å². The molecule has 0 aliphatic carbocycles. The highest BCUT2D eigenvalue weighted by atomic mass is 15.3.